The number of fused-ring (bicyclic) bond motifs is 1. The van der Waals surface area contributed by atoms with Crippen molar-refractivity contribution in [1.29, 1.82) is 0 Å². The van der Waals surface area contributed by atoms with Crippen LogP contribution in [0.4, 0.5) is 13.2 Å². The molecule has 1 aromatic carbocycles. The van der Waals surface area contributed by atoms with Gasteiger partial charge in [-0.3, -0.25) is 14.5 Å². The Kier molecular flexibility index (Phi) is 6.15. The first kappa shape index (κ1) is 24.5. The minimum absolute atomic E-state index is 0.0701. The second kappa shape index (κ2) is 9.04. The van der Waals surface area contributed by atoms with Crippen LogP contribution < -0.4 is 10.1 Å². The molecule has 2 atom stereocenters. The normalized spacial score (nSPS) is 22.8. The molecule has 2 aliphatic rings. The maximum Gasteiger partial charge on any atom is 0.387 e. The van der Waals surface area contributed by atoms with Crippen molar-refractivity contribution in [3.63, 3.8) is 0 Å². The smallest absolute Gasteiger partial charge is 0.387 e. The minimum Gasteiger partial charge on any atom is -0.435 e. The fourth-order valence-corrected chi connectivity index (χ4v) is 6.73. The van der Waals surface area contributed by atoms with Gasteiger partial charge in [-0.05, 0) is 31.5 Å². The van der Waals surface area contributed by atoms with E-state index < -0.39 is 40.1 Å². The van der Waals surface area contributed by atoms with Crippen LogP contribution in [0, 0.1) is 0 Å². The number of aromatic nitrogens is 3. The Morgan fingerprint density at radius 1 is 1.31 bits per heavy atom. The summed E-state index contributed by atoms with van der Waals surface area (Å²) in [6, 6.07) is 6.76. The van der Waals surface area contributed by atoms with Crippen molar-refractivity contribution in [2.75, 3.05) is 24.7 Å². The van der Waals surface area contributed by atoms with Crippen LogP contribution >= 0.6 is 0 Å². The van der Waals surface area contributed by atoms with Gasteiger partial charge in [-0.1, -0.05) is 12.1 Å². The number of carbonyl (C=O) groups excluding carboxylic acids is 1. The summed E-state index contributed by atoms with van der Waals surface area (Å²) in [7, 11) is -3.17. The molecule has 0 spiro atoms. The molecule has 2 aromatic heterocycles. The van der Waals surface area contributed by atoms with E-state index in [1.807, 2.05) is 0 Å². The predicted octanol–water partition coefficient (Wildman–Crippen LogP) is 2.92. The number of nitrogens with zero attached hydrogens (tertiary/aromatic N) is 3. The molecule has 4 heterocycles. The highest BCUT2D eigenvalue weighted by atomic mass is 32.2. The van der Waals surface area contributed by atoms with Gasteiger partial charge in [0.15, 0.2) is 9.84 Å². The summed E-state index contributed by atoms with van der Waals surface area (Å²) in [6.07, 6.45) is 0.290. The fourth-order valence-electron chi connectivity index (χ4n) is 4.72. The van der Waals surface area contributed by atoms with Crippen LogP contribution in [0.15, 0.2) is 36.5 Å². The number of amides is 1. The van der Waals surface area contributed by atoms with Gasteiger partial charge in [0.25, 0.3) is 5.91 Å². The first-order valence-corrected chi connectivity index (χ1v) is 13.0. The van der Waals surface area contributed by atoms with E-state index in [2.05, 4.69) is 20.1 Å². The van der Waals surface area contributed by atoms with Gasteiger partial charge in [0.05, 0.1) is 40.8 Å². The number of halogens is 3. The third kappa shape index (κ3) is 4.76. The van der Waals surface area contributed by atoms with Crippen molar-refractivity contribution < 1.29 is 35.9 Å². The van der Waals surface area contributed by atoms with Gasteiger partial charge in [0.2, 0.25) is 0 Å². The number of alkyl halides is 3. The third-order valence-electron chi connectivity index (χ3n) is 6.20. The predicted molar refractivity (Wildman–Crippen MR) is 123 cm³/mol. The van der Waals surface area contributed by atoms with Crippen molar-refractivity contribution in [3.05, 3.63) is 42.1 Å². The zero-order valence-corrected chi connectivity index (χ0v) is 20.0. The Hall–Kier alpha value is -3.19. The number of pyridine rings is 1. The van der Waals surface area contributed by atoms with Crippen LogP contribution in [0.25, 0.3) is 22.3 Å². The number of hydrogen-bond acceptors (Lipinski definition) is 7. The molecular formula is C23H23F3N4O5S. The lowest BCUT2D eigenvalue weighted by atomic mass is 10.1. The van der Waals surface area contributed by atoms with E-state index in [9.17, 15) is 26.4 Å². The number of nitrogens with one attached hydrogen (secondary N) is 1. The van der Waals surface area contributed by atoms with E-state index in [1.54, 1.807) is 13.0 Å². The summed E-state index contributed by atoms with van der Waals surface area (Å²) < 4.78 is 74.7. The lowest BCUT2D eigenvalue weighted by Gasteiger charge is -2.38. The molecule has 0 radical (unpaired) electrons. The summed E-state index contributed by atoms with van der Waals surface area (Å²) in [5, 5.41) is 7.31. The zero-order valence-electron chi connectivity index (χ0n) is 19.2. The lowest BCUT2D eigenvalue weighted by molar-refractivity contribution is -0.0498. The molecule has 5 rings (SSSR count). The maximum absolute atomic E-state index is 14.8. The Labute approximate surface area is 204 Å². The fraction of sp³-hybridized carbons (Fsp3) is 0.435. The number of hydrogen-bond donors (Lipinski definition) is 1. The van der Waals surface area contributed by atoms with E-state index in [0.717, 1.165) is 0 Å². The van der Waals surface area contributed by atoms with Crippen molar-refractivity contribution in [1.82, 2.24) is 20.1 Å². The molecule has 3 aromatic rings. The van der Waals surface area contributed by atoms with Crippen LogP contribution in [0.2, 0.25) is 0 Å². The first-order chi connectivity index (χ1) is 17.0. The first-order valence-electron chi connectivity index (χ1n) is 11.2. The highest BCUT2D eigenvalue weighted by molar-refractivity contribution is 7.93. The van der Waals surface area contributed by atoms with Crippen molar-refractivity contribution >= 4 is 26.8 Å². The number of rotatable bonds is 6. The summed E-state index contributed by atoms with van der Waals surface area (Å²) in [6.45, 7) is -1.15. The summed E-state index contributed by atoms with van der Waals surface area (Å²) in [4.78, 5) is 17.3. The van der Waals surface area contributed by atoms with Gasteiger partial charge in [-0.2, -0.15) is 13.9 Å². The molecule has 9 nitrogen and oxygen atoms in total. The van der Waals surface area contributed by atoms with Crippen LogP contribution in [-0.4, -0.2) is 72.1 Å². The number of ether oxygens (including phenoxy) is 2. The average Bonchev–Trinajstić information content (AvgIpc) is 3.16. The largest absolute Gasteiger partial charge is 0.435 e. The Bertz CT molecular complexity index is 1420. The van der Waals surface area contributed by atoms with Gasteiger partial charge >= 0.3 is 6.61 Å². The van der Waals surface area contributed by atoms with Crippen LogP contribution in [-0.2, 0) is 14.6 Å². The number of benzene rings is 1. The summed E-state index contributed by atoms with van der Waals surface area (Å²) in [5.74, 6) is -0.912. The van der Waals surface area contributed by atoms with Crippen molar-refractivity contribution in [3.8, 4) is 17.0 Å². The molecule has 13 heteroatoms. The summed E-state index contributed by atoms with van der Waals surface area (Å²) in [5.41, 5.74) is 0.726. The minimum atomic E-state index is -3.17. The topological polar surface area (TPSA) is 112 Å². The van der Waals surface area contributed by atoms with Gasteiger partial charge in [0, 0.05) is 18.4 Å². The molecule has 0 saturated carbocycles. The van der Waals surface area contributed by atoms with E-state index in [1.165, 1.54) is 35.1 Å². The summed E-state index contributed by atoms with van der Waals surface area (Å²) >= 11 is 0. The highest BCUT2D eigenvalue weighted by Gasteiger charge is 2.45. The van der Waals surface area contributed by atoms with Crippen molar-refractivity contribution in [2.24, 2.45) is 0 Å². The van der Waals surface area contributed by atoms with Gasteiger partial charge in [0.1, 0.15) is 23.1 Å². The van der Waals surface area contributed by atoms with E-state index in [4.69, 9.17) is 4.74 Å². The van der Waals surface area contributed by atoms with Gasteiger partial charge in [-0.25, -0.2) is 12.8 Å². The zero-order chi connectivity index (χ0) is 25.7. The molecule has 0 aliphatic carbocycles. The van der Waals surface area contributed by atoms with Crippen molar-refractivity contribution in [2.45, 2.75) is 37.7 Å². The van der Waals surface area contributed by atoms with E-state index >= 15 is 0 Å². The van der Waals surface area contributed by atoms with E-state index in [-0.39, 0.29) is 29.4 Å². The number of sulfone groups is 1. The Morgan fingerprint density at radius 3 is 2.78 bits per heavy atom. The average molecular weight is 525 g/mol. The molecule has 2 aliphatic heterocycles. The second-order valence-corrected chi connectivity index (χ2v) is 11.3. The maximum atomic E-state index is 14.8. The molecule has 1 amide bonds. The molecule has 1 N–H and O–H groups in total. The lowest BCUT2D eigenvalue weighted by Crippen LogP contribution is -2.63. The van der Waals surface area contributed by atoms with Gasteiger partial charge in [-0.15, -0.1) is 0 Å². The molecule has 0 bridgehead atoms. The SMILES string of the molecule is CC1(NC(=O)c2cnc3c(-c4cccc(OC(F)F)c4)nn(C4CCOC[C@H]4F)c3c2)CS(=O)(=O)C1. The monoisotopic (exact) mass is 524 g/mol. The second-order valence-electron chi connectivity index (χ2n) is 9.29. The standard InChI is InChI=1S/C23H23F3N4O5S/c1-23(11-36(32,33)12-23)28-21(31)14-8-18-20(27-9-14)19(13-3-2-4-15(7-13)35-22(25)26)29-30(18)17-5-6-34-10-16(17)24/h2-4,7-9,16-17,22H,5-6,10-12H2,1H3,(H,28,31)/t16-,17?/m1/s1. The molecule has 192 valence electrons. The van der Waals surface area contributed by atoms with Crippen LogP contribution in [0.5, 0.6) is 5.75 Å². The van der Waals surface area contributed by atoms with Crippen LogP contribution in [0.3, 0.4) is 0 Å². The Balaban J connectivity index is 1.56. The Morgan fingerprint density at radius 2 is 2.08 bits per heavy atom. The molecule has 2 fully saturated rings. The third-order valence-corrected chi connectivity index (χ3v) is 8.35. The molecule has 2 saturated heterocycles. The van der Waals surface area contributed by atoms with E-state index in [0.29, 0.717) is 35.3 Å². The quantitative estimate of drug-likeness (QED) is 0.528. The molecular weight excluding hydrogens is 501 g/mol. The molecule has 36 heavy (non-hydrogen) atoms. The molecule has 1 unspecified atom stereocenters. The van der Waals surface area contributed by atoms with Gasteiger partial charge < -0.3 is 14.8 Å². The highest BCUT2D eigenvalue weighted by Crippen LogP contribution is 2.34. The number of carbonyl (C=O) groups is 1. The van der Waals surface area contributed by atoms with Crippen LogP contribution in [0.1, 0.15) is 29.7 Å².